The van der Waals surface area contributed by atoms with Gasteiger partial charge in [-0.25, -0.2) is 0 Å². The number of aryl methyl sites for hydroxylation is 1. The number of aromatic amines is 1. The van der Waals surface area contributed by atoms with E-state index in [4.69, 9.17) is 11.6 Å². The Morgan fingerprint density at radius 3 is 2.76 bits per heavy atom. The largest absolute Gasteiger partial charge is 0.336 e. The predicted octanol–water partition coefficient (Wildman–Crippen LogP) is 3.82. The Balaban J connectivity index is 1.41. The van der Waals surface area contributed by atoms with Crippen LogP contribution >= 0.6 is 11.6 Å². The van der Waals surface area contributed by atoms with E-state index in [1.54, 1.807) is 0 Å². The summed E-state index contributed by atoms with van der Waals surface area (Å²) < 4.78 is 0. The molecule has 2 bridgehead atoms. The molecule has 1 amide bonds. The van der Waals surface area contributed by atoms with Gasteiger partial charge in [0.05, 0.1) is 16.4 Å². The topological polar surface area (TPSA) is 52.2 Å². The van der Waals surface area contributed by atoms with Gasteiger partial charge in [0.15, 0.2) is 0 Å². The van der Waals surface area contributed by atoms with Gasteiger partial charge in [0, 0.05) is 38.1 Å². The minimum Gasteiger partial charge on any atom is -0.336 e. The molecule has 2 aromatic rings. The van der Waals surface area contributed by atoms with Crippen LogP contribution in [-0.4, -0.2) is 51.1 Å². The zero-order chi connectivity index (χ0) is 20.0. The highest BCUT2D eigenvalue weighted by Gasteiger charge is 2.49. The number of H-pyrrole nitrogens is 1. The van der Waals surface area contributed by atoms with Gasteiger partial charge in [0.25, 0.3) is 0 Å². The van der Waals surface area contributed by atoms with Crippen molar-refractivity contribution in [1.82, 2.24) is 20.0 Å². The number of fused-ring (bicyclic) bond motifs is 4. The van der Waals surface area contributed by atoms with E-state index in [0.717, 1.165) is 55.3 Å². The predicted molar refractivity (Wildman–Crippen MR) is 114 cm³/mol. The maximum absolute atomic E-state index is 13.0. The van der Waals surface area contributed by atoms with E-state index >= 15 is 0 Å². The van der Waals surface area contributed by atoms with Gasteiger partial charge in [-0.15, -0.1) is 0 Å². The van der Waals surface area contributed by atoms with Gasteiger partial charge in [-0.3, -0.25) is 14.8 Å². The molecule has 5 nitrogen and oxygen atoms in total. The quantitative estimate of drug-likeness (QED) is 0.830. The highest BCUT2D eigenvalue weighted by molar-refractivity contribution is 6.31. The first-order valence-corrected chi connectivity index (χ1v) is 11.2. The SMILES string of the molecule is Cc1[nH]nc(CN2C[C@H]3C[C@@H](C2)[C@H](Cc2ccccc2)N2C(=O)CCC[C@@H]32)c1Cl. The molecule has 0 spiro atoms. The molecule has 4 atom stereocenters. The van der Waals surface area contributed by atoms with Gasteiger partial charge in [-0.05, 0) is 50.0 Å². The molecule has 1 aromatic heterocycles. The molecule has 0 radical (unpaired) electrons. The fourth-order valence-corrected chi connectivity index (χ4v) is 6.05. The van der Waals surface area contributed by atoms with Crippen LogP contribution in [0.3, 0.4) is 0 Å². The number of hydrogen-bond donors (Lipinski definition) is 1. The Kier molecular flexibility index (Phi) is 5.12. The number of benzene rings is 1. The summed E-state index contributed by atoms with van der Waals surface area (Å²) in [5, 5.41) is 8.19. The number of hydrogen-bond acceptors (Lipinski definition) is 3. The smallest absolute Gasteiger partial charge is 0.223 e. The van der Waals surface area contributed by atoms with Crippen LogP contribution in [0.15, 0.2) is 30.3 Å². The van der Waals surface area contributed by atoms with Gasteiger partial charge < -0.3 is 4.90 Å². The van der Waals surface area contributed by atoms with Crippen molar-refractivity contribution in [3.05, 3.63) is 52.3 Å². The lowest BCUT2D eigenvalue weighted by Gasteiger charge is -2.56. The third-order valence-corrected chi connectivity index (χ3v) is 7.68. The van der Waals surface area contributed by atoms with Gasteiger partial charge in [0.1, 0.15) is 0 Å². The number of nitrogens with one attached hydrogen (secondary N) is 1. The van der Waals surface area contributed by atoms with Crippen molar-refractivity contribution < 1.29 is 4.79 Å². The van der Waals surface area contributed by atoms with Crippen LogP contribution in [0, 0.1) is 18.8 Å². The summed E-state index contributed by atoms with van der Waals surface area (Å²) in [5.74, 6) is 1.44. The second-order valence-corrected chi connectivity index (χ2v) is 9.45. The van der Waals surface area contributed by atoms with E-state index in [2.05, 4.69) is 50.3 Å². The fourth-order valence-electron chi connectivity index (χ4n) is 5.90. The van der Waals surface area contributed by atoms with Crippen LogP contribution in [0.2, 0.25) is 5.02 Å². The Morgan fingerprint density at radius 2 is 2.00 bits per heavy atom. The summed E-state index contributed by atoms with van der Waals surface area (Å²) in [4.78, 5) is 17.8. The number of aromatic nitrogens is 2. The molecule has 0 saturated carbocycles. The van der Waals surface area contributed by atoms with Crippen LogP contribution in [0.5, 0.6) is 0 Å². The molecular formula is C23H29ClN4O. The number of carbonyl (C=O) groups is 1. The number of amides is 1. The van der Waals surface area contributed by atoms with E-state index in [1.165, 1.54) is 12.0 Å². The fraction of sp³-hybridized carbons (Fsp3) is 0.565. The van der Waals surface area contributed by atoms with Crippen LogP contribution in [-0.2, 0) is 17.8 Å². The summed E-state index contributed by atoms with van der Waals surface area (Å²) in [7, 11) is 0. The molecule has 3 saturated heterocycles. The lowest BCUT2D eigenvalue weighted by atomic mass is 9.70. The van der Waals surface area contributed by atoms with Crippen LogP contribution in [0.1, 0.15) is 42.6 Å². The summed E-state index contributed by atoms with van der Waals surface area (Å²) >= 11 is 6.44. The monoisotopic (exact) mass is 412 g/mol. The molecule has 0 aliphatic carbocycles. The van der Waals surface area contributed by atoms with Gasteiger partial charge in [-0.2, -0.15) is 5.10 Å². The number of halogens is 1. The summed E-state index contributed by atoms with van der Waals surface area (Å²) in [5.41, 5.74) is 3.21. The molecule has 29 heavy (non-hydrogen) atoms. The number of rotatable bonds is 4. The van der Waals surface area contributed by atoms with Crippen LogP contribution in [0.4, 0.5) is 0 Å². The zero-order valence-corrected chi connectivity index (χ0v) is 17.7. The molecule has 3 aliphatic heterocycles. The Labute approximate surface area is 177 Å². The Morgan fingerprint density at radius 1 is 1.21 bits per heavy atom. The van der Waals surface area contributed by atoms with Crippen molar-refractivity contribution in [2.24, 2.45) is 11.8 Å². The molecule has 5 rings (SSSR count). The van der Waals surface area contributed by atoms with Crippen LogP contribution in [0.25, 0.3) is 0 Å². The first kappa shape index (κ1) is 19.1. The molecular weight excluding hydrogens is 384 g/mol. The van der Waals surface area contributed by atoms with Crippen molar-refractivity contribution in [1.29, 1.82) is 0 Å². The maximum Gasteiger partial charge on any atom is 0.223 e. The highest BCUT2D eigenvalue weighted by Crippen LogP contribution is 2.43. The van der Waals surface area contributed by atoms with E-state index < -0.39 is 0 Å². The molecule has 154 valence electrons. The molecule has 4 heterocycles. The highest BCUT2D eigenvalue weighted by atomic mass is 35.5. The standard InChI is InChI=1S/C23H29ClN4O/c1-15-23(24)19(26-25-15)14-27-12-17-11-18(13-27)21(10-16-6-3-2-4-7-16)28-20(17)8-5-9-22(28)29/h2-4,6-7,17-18,20-21H,5,8-14H2,1H3,(H,25,26)/t17-,18+,20+,21+/m1/s1. The lowest BCUT2D eigenvalue weighted by molar-refractivity contribution is -0.152. The second-order valence-electron chi connectivity index (χ2n) is 9.08. The number of likely N-dealkylation sites (tertiary alicyclic amines) is 1. The van der Waals surface area contributed by atoms with Crippen molar-refractivity contribution in [3.8, 4) is 0 Å². The minimum absolute atomic E-state index is 0.297. The Hall–Kier alpha value is -1.85. The third kappa shape index (κ3) is 3.59. The molecule has 3 fully saturated rings. The molecule has 1 aromatic carbocycles. The van der Waals surface area contributed by atoms with E-state index in [-0.39, 0.29) is 0 Å². The number of piperidine rings is 3. The van der Waals surface area contributed by atoms with Crippen molar-refractivity contribution in [2.75, 3.05) is 13.1 Å². The first-order valence-electron chi connectivity index (χ1n) is 10.9. The summed E-state index contributed by atoms with van der Waals surface area (Å²) in [6, 6.07) is 11.3. The molecule has 0 unspecified atom stereocenters. The zero-order valence-electron chi connectivity index (χ0n) is 17.0. The van der Waals surface area contributed by atoms with Gasteiger partial charge >= 0.3 is 0 Å². The Bertz CT molecular complexity index is 882. The minimum atomic E-state index is 0.297. The summed E-state index contributed by atoms with van der Waals surface area (Å²) in [6.07, 6.45) is 5.08. The van der Waals surface area contributed by atoms with E-state index in [9.17, 15) is 4.79 Å². The molecule has 6 heteroatoms. The van der Waals surface area contributed by atoms with Gasteiger partial charge in [0.2, 0.25) is 5.91 Å². The molecule has 1 N–H and O–H groups in total. The maximum atomic E-state index is 13.0. The summed E-state index contributed by atoms with van der Waals surface area (Å²) in [6.45, 7) is 4.79. The molecule has 3 aliphatic rings. The van der Waals surface area contributed by atoms with Crippen molar-refractivity contribution in [3.63, 3.8) is 0 Å². The first-order chi connectivity index (χ1) is 14.1. The third-order valence-electron chi connectivity index (χ3n) is 7.17. The number of carbonyl (C=O) groups excluding carboxylic acids is 1. The normalized spacial score (nSPS) is 29.7. The second kappa shape index (κ2) is 7.77. The van der Waals surface area contributed by atoms with E-state index in [1.807, 2.05) is 6.92 Å². The average molecular weight is 413 g/mol. The van der Waals surface area contributed by atoms with E-state index in [0.29, 0.717) is 36.2 Å². The number of nitrogens with zero attached hydrogens (tertiary/aromatic N) is 3. The van der Waals surface area contributed by atoms with Crippen LogP contribution < -0.4 is 0 Å². The van der Waals surface area contributed by atoms with Crippen molar-refractivity contribution >= 4 is 17.5 Å². The van der Waals surface area contributed by atoms with Gasteiger partial charge in [-0.1, -0.05) is 41.9 Å². The van der Waals surface area contributed by atoms with Crippen molar-refractivity contribution in [2.45, 2.75) is 57.7 Å². The average Bonchev–Trinajstić information content (AvgIpc) is 3.04. The lowest BCUT2D eigenvalue weighted by Crippen LogP contribution is -2.65.